The summed E-state index contributed by atoms with van der Waals surface area (Å²) in [6, 6.07) is 9.12. The number of aryl methyl sites for hydroxylation is 3. The number of aromatic amines is 1. The van der Waals surface area contributed by atoms with Gasteiger partial charge in [0.15, 0.2) is 6.61 Å². The Morgan fingerprint density at radius 2 is 1.74 bits per heavy atom. The van der Waals surface area contributed by atoms with Gasteiger partial charge in [-0.3, -0.25) is 4.79 Å². The Kier molecular flexibility index (Phi) is 6.98. The average molecular weight is 500 g/mol. The quantitative estimate of drug-likeness (QED) is 0.395. The predicted molar refractivity (Wildman–Crippen MR) is 130 cm³/mol. The van der Waals surface area contributed by atoms with Crippen molar-refractivity contribution in [3.8, 4) is 5.69 Å². The van der Waals surface area contributed by atoms with E-state index < -0.39 is 22.6 Å². The van der Waals surface area contributed by atoms with E-state index in [-0.39, 0.29) is 29.5 Å². The van der Waals surface area contributed by atoms with Crippen LogP contribution in [0.15, 0.2) is 41.4 Å². The van der Waals surface area contributed by atoms with E-state index in [1.54, 1.807) is 6.07 Å². The van der Waals surface area contributed by atoms with Gasteiger partial charge in [-0.25, -0.2) is 13.2 Å². The maximum Gasteiger partial charge on any atom is 0.355 e. The molecule has 0 spiro atoms. The van der Waals surface area contributed by atoms with Crippen LogP contribution < -0.4 is 0 Å². The standard InChI is InChI=1S/C25H29N3O6S/c1-16-5-6-20(11-17(16)2)28-18(3)12-22(19(28)4)24(29)15-34-25(30)23-13-21(14-26-23)35(31,32)27-7-9-33-10-8-27/h5-6,11-14,26H,7-10,15H2,1-4H3. The molecule has 0 bridgehead atoms. The zero-order valence-corrected chi connectivity index (χ0v) is 21.1. The normalized spacial score (nSPS) is 14.7. The summed E-state index contributed by atoms with van der Waals surface area (Å²) in [5, 5.41) is 0. The topological polar surface area (TPSA) is 111 Å². The van der Waals surface area contributed by atoms with Gasteiger partial charge < -0.3 is 19.0 Å². The third-order valence-electron chi connectivity index (χ3n) is 6.30. The minimum Gasteiger partial charge on any atom is -0.453 e. The Hall–Kier alpha value is -3.21. The van der Waals surface area contributed by atoms with Crippen molar-refractivity contribution in [2.45, 2.75) is 32.6 Å². The first kappa shape index (κ1) is 24.9. The molecule has 10 heteroatoms. The lowest BCUT2D eigenvalue weighted by Crippen LogP contribution is -2.40. The largest absolute Gasteiger partial charge is 0.453 e. The number of ether oxygens (including phenoxy) is 2. The molecule has 0 unspecified atom stereocenters. The predicted octanol–water partition coefficient (Wildman–Crippen LogP) is 3.10. The first-order chi connectivity index (χ1) is 16.6. The number of Topliss-reactive ketones (excluding diaryl/α,β-unsaturated/α-hetero) is 1. The number of ketones is 1. The van der Waals surface area contributed by atoms with Gasteiger partial charge in [-0.05, 0) is 63.1 Å². The highest BCUT2D eigenvalue weighted by Gasteiger charge is 2.28. The van der Waals surface area contributed by atoms with Crippen LogP contribution in [0.2, 0.25) is 0 Å². The van der Waals surface area contributed by atoms with Crippen LogP contribution in [0.3, 0.4) is 0 Å². The Bertz CT molecular complexity index is 1380. The fourth-order valence-corrected chi connectivity index (χ4v) is 5.57. The fourth-order valence-electron chi connectivity index (χ4n) is 4.17. The van der Waals surface area contributed by atoms with Gasteiger partial charge in [0.05, 0.1) is 13.2 Å². The van der Waals surface area contributed by atoms with E-state index in [9.17, 15) is 18.0 Å². The summed E-state index contributed by atoms with van der Waals surface area (Å²) < 4.78 is 39.2. The summed E-state index contributed by atoms with van der Waals surface area (Å²) in [5.74, 6) is -1.14. The molecule has 0 saturated carbocycles. The van der Waals surface area contributed by atoms with Crippen molar-refractivity contribution in [2.75, 3.05) is 32.9 Å². The van der Waals surface area contributed by atoms with Crippen molar-refractivity contribution in [3.05, 3.63) is 70.3 Å². The highest BCUT2D eigenvalue weighted by molar-refractivity contribution is 7.89. The maximum atomic E-state index is 12.9. The van der Waals surface area contributed by atoms with Crippen molar-refractivity contribution in [2.24, 2.45) is 0 Å². The van der Waals surface area contributed by atoms with Gasteiger partial charge in [0.2, 0.25) is 15.8 Å². The van der Waals surface area contributed by atoms with Crippen LogP contribution in [0.5, 0.6) is 0 Å². The fraction of sp³-hybridized carbons (Fsp3) is 0.360. The first-order valence-corrected chi connectivity index (χ1v) is 12.8. The molecular formula is C25H29N3O6S. The number of H-pyrrole nitrogens is 1. The number of hydrogen-bond acceptors (Lipinski definition) is 6. The second-order valence-corrected chi connectivity index (χ2v) is 10.6. The molecule has 4 rings (SSSR count). The van der Waals surface area contributed by atoms with E-state index in [1.165, 1.54) is 22.1 Å². The summed E-state index contributed by atoms with van der Waals surface area (Å²) >= 11 is 0. The van der Waals surface area contributed by atoms with Crippen LogP contribution in [0.25, 0.3) is 5.69 Å². The van der Waals surface area contributed by atoms with Crippen LogP contribution in [0.1, 0.15) is 43.4 Å². The molecular weight excluding hydrogens is 470 g/mol. The molecule has 186 valence electrons. The number of rotatable bonds is 7. The number of esters is 1. The van der Waals surface area contributed by atoms with Gasteiger partial charge in [0.25, 0.3) is 0 Å². The molecule has 0 radical (unpaired) electrons. The van der Waals surface area contributed by atoms with Gasteiger partial charge in [-0.1, -0.05) is 6.07 Å². The number of benzene rings is 1. The number of nitrogens with one attached hydrogen (secondary N) is 1. The number of morpholine rings is 1. The number of aromatic nitrogens is 2. The Balaban J connectivity index is 1.45. The lowest BCUT2D eigenvalue weighted by molar-refractivity contribution is 0.0469. The SMILES string of the molecule is Cc1ccc(-n2c(C)cc(C(=O)COC(=O)c3cc(S(=O)(=O)N4CCOCC4)c[nH]3)c2C)cc1C. The van der Waals surface area contributed by atoms with Crippen LogP contribution >= 0.6 is 0 Å². The second kappa shape index (κ2) is 9.80. The molecule has 3 aromatic rings. The molecule has 0 amide bonds. The molecule has 1 aliphatic heterocycles. The van der Waals surface area contributed by atoms with E-state index in [4.69, 9.17) is 9.47 Å². The molecule has 1 aliphatic rings. The van der Waals surface area contributed by atoms with Crippen molar-refractivity contribution >= 4 is 21.8 Å². The number of carbonyl (C=O) groups is 2. The molecule has 2 aromatic heterocycles. The van der Waals surface area contributed by atoms with Gasteiger partial charge in [0.1, 0.15) is 10.6 Å². The zero-order chi connectivity index (χ0) is 25.3. The van der Waals surface area contributed by atoms with Crippen molar-refractivity contribution in [1.29, 1.82) is 0 Å². The van der Waals surface area contributed by atoms with Crippen molar-refractivity contribution in [1.82, 2.24) is 13.9 Å². The zero-order valence-electron chi connectivity index (χ0n) is 20.3. The lowest BCUT2D eigenvalue weighted by Gasteiger charge is -2.25. The Morgan fingerprint density at radius 3 is 2.43 bits per heavy atom. The smallest absolute Gasteiger partial charge is 0.355 e. The monoisotopic (exact) mass is 499 g/mol. The highest BCUT2D eigenvalue weighted by atomic mass is 32.2. The third-order valence-corrected chi connectivity index (χ3v) is 8.18. The molecule has 1 saturated heterocycles. The molecule has 0 aliphatic carbocycles. The van der Waals surface area contributed by atoms with E-state index >= 15 is 0 Å². The average Bonchev–Trinajstić information content (AvgIpc) is 3.45. The van der Waals surface area contributed by atoms with Gasteiger partial charge in [-0.2, -0.15) is 4.31 Å². The maximum absolute atomic E-state index is 12.9. The van der Waals surface area contributed by atoms with Crippen molar-refractivity contribution < 1.29 is 27.5 Å². The van der Waals surface area contributed by atoms with Gasteiger partial charge in [-0.15, -0.1) is 0 Å². The lowest BCUT2D eigenvalue weighted by atomic mass is 10.1. The first-order valence-electron chi connectivity index (χ1n) is 11.3. The van der Waals surface area contributed by atoms with E-state index in [2.05, 4.69) is 11.1 Å². The minimum absolute atomic E-state index is 0.0328. The summed E-state index contributed by atoms with van der Waals surface area (Å²) in [5.41, 5.74) is 5.37. The van der Waals surface area contributed by atoms with Gasteiger partial charge >= 0.3 is 5.97 Å². The molecule has 1 N–H and O–H groups in total. The molecule has 0 atom stereocenters. The minimum atomic E-state index is -3.74. The molecule has 3 heterocycles. The molecule has 1 fully saturated rings. The number of hydrogen-bond donors (Lipinski definition) is 1. The Morgan fingerprint density at radius 1 is 1.03 bits per heavy atom. The number of carbonyl (C=O) groups excluding carboxylic acids is 2. The van der Waals surface area contributed by atoms with Crippen LogP contribution in [0, 0.1) is 27.7 Å². The van der Waals surface area contributed by atoms with Crippen molar-refractivity contribution in [3.63, 3.8) is 0 Å². The third kappa shape index (κ3) is 4.95. The summed E-state index contributed by atoms with van der Waals surface area (Å²) in [6.45, 7) is 8.55. The molecule has 1 aromatic carbocycles. The Labute approximate surface area is 204 Å². The van der Waals surface area contributed by atoms with E-state index in [0.717, 1.165) is 22.6 Å². The second-order valence-electron chi connectivity index (χ2n) is 8.65. The number of nitrogens with zero attached hydrogens (tertiary/aromatic N) is 2. The van der Waals surface area contributed by atoms with E-state index in [0.29, 0.717) is 18.8 Å². The highest BCUT2D eigenvalue weighted by Crippen LogP contribution is 2.23. The van der Waals surface area contributed by atoms with Crippen LogP contribution in [-0.2, 0) is 19.5 Å². The van der Waals surface area contributed by atoms with E-state index in [1.807, 2.05) is 44.4 Å². The summed E-state index contributed by atoms with van der Waals surface area (Å²) in [4.78, 5) is 28.0. The molecule has 35 heavy (non-hydrogen) atoms. The van der Waals surface area contributed by atoms with Gasteiger partial charge in [0, 0.05) is 41.9 Å². The summed E-state index contributed by atoms with van der Waals surface area (Å²) in [7, 11) is -3.74. The number of sulfonamides is 1. The van der Waals surface area contributed by atoms with Crippen LogP contribution in [-0.4, -0.2) is 66.9 Å². The molecule has 9 nitrogen and oxygen atoms in total. The summed E-state index contributed by atoms with van der Waals surface area (Å²) in [6.07, 6.45) is 1.25. The van der Waals surface area contributed by atoms with Crippen LogP contribution in [0.4, 0.5) is 0 Å².